The predicted molar refractivity (Wildman–Crippen MR) is 113 cm³/mol. The van der Waals surface area contributed by atoms with E-state index < -0.39 is 0 Å². The van der Waals surface area contributed by atoms with E-state index in [9.17, 15) is 4.79 Å². The molecule has 8 nitrogen and oxygen atoms in total. The van der Waals surface area contributed by atoms with Crippen LogP contribution in [0.4, 0.5) is 11.6 Å². The Morgan fingerprint density at radius 2 is 2.10 bits per heavy atom. The normalized spacial score (nSPS) is 16.5. The van der Waals surface area contributed by atoms with E-state index in [0.717, 1.165) is 28.5 Å². The lowest BCUT2D eigenvalue weighted by atomic mass is 10.1. The highest BCUT2D eigenvalue weighted by atomic mass is 16.5. The van der Waals surface area contributed by atoms with Crippen LogP contribution in [0.1, 0.15) is 35.2 Å². The predicted octanol–water partition coefficient (Wildman–Crippen LogP) is 3.09. The van der Waals surface area contributed by atoms with Crippen LogP contribution in [0.2, 0.25) is 0 Å². The summed E-state index contributed by atoms with van der Waals surface area (Å²) in [7, 11) is 0. The second-order valence-electron chi connectivity index (χ2n) is 7.40. The number of ether oxygens (including phenoxy) is 1. The van der Waals surface area contributed by atoms with Crippen LogP contribution in [0.5, 0.6) is 0 Å². The molecule has 1 amide bonds. The molecule has 0 bridgehead atoms. The van der Waals surface area contributed by atoms with Gasteiger partial charge in [0.05, 0.1) is 24.5 Å². The van der Waals surface area contributed by atoms with Gasteiger partial charge in [0, 0.05) is 24.9 Å². The van der Waals surface area contributed by atoms with Crippen molar-refractivity contribution in [1.82, 2.24) is 25.1 Å². The van der Waals surface area contributed by atoms with Gasteiger partial charge in [-0.15, -0.1) is 0 Å². The Kier molecular flexibility index (Phi) is 6.04. The minimum atomic E-state index is -0.245. The number of rotatable bonds is 6. The van der Waals surface area contributed by atoms with Gasteiger partial charge in [-0.1, -0.05) is 12.1 Å². The van der Waals surface area contributed by atoms with E-state index in [-0.39, 0.29) is 12.0 Å². The quantitative estimate of drug-likeness (QED) is 0.653. The molecule has 30 heavy (non-hydrogen) atoms. The number of carbonyl (C=O) groups excluding carboxylic acids is 1. The van der Waals surface area contributed by atoms with Crippen molar-refractivity contribution in [2.24, 2.45) is 0 Å². The van der Waals surface area contributed by atoms with Crippen LogP contribution in [-0.2, 0) is 16.0 Å². The SMILES string of the molecule is Cc1n[nH]c(C)c1CCC(=O)N1CCO[C@@H](c2cccc(Nc3ccccn3)n2)C1. The van der Waals surface area contributed by atoms with Gasteiger partial charge in [-0.3, -0.25) is 9.89 Å². The maximum Gasteiger partial charge on any atom is 0.223 e. The summed E-state index contributed by atoms with van der Waals surface area (Å²) in [5, 5.41) is 10.4. The van der Waals surface area contributed by atoms with Gasteiger partial charge >= 0.3 is 0 Å². The minimum Gasteiger partial charge on any atom is -0.368 e. The van der Waals surface area contributed by atoms with E-state index in [4.69, 9.17) is 4.74 Å². The number of nitrogens with one attached hydrogen (secondary N) is 2. The summed E-state index contributed by atoms with van der Waals surface area (Å²) in [6.45, 7) is 5.56. The Labute approximate surface area is 175 Å². The molecule has 2 N–H and O–H groups in total. The number of H-pyrrole nitrogens is 1. The molecular formula is C22H26N6O2. The van der Waals surface area contributed by atoms with E-state index in [2.05, 4.69) is 25.5 Å². The van der Waals surface area contributed by atoms with Gasteiger partial charge in [0.1, 0.15) is 17.7 Å². The van der Waals surface area contributed by atoms with Crippen LogP contribution in [0.25, 0.3) is 0 Å². The van der Waals surface area contributed by atoms with Crippen molar-refractivity contribution in [1.29, 1.82) is 0 Å². The van der Waals surface area contributed by atoms with Gasteiger partial charge in [0.15, 0.2) is 0 Å². The van der Waals surface area contributed by atoms with Crippen molar-refractivity contribution >= 4 is 17.5 Å². The summed E-state index contributed by atoms with van der Waals surface area (Å²) in [6.07, 6.45) is 2.64. The number of aryl methyl sites for hydroxylation is 2. The van der Waals surface area contributed by atoms with Crippen LogP contribution in [-0.4, -0.2) is 50.7 Å². The van der Waals surface area contributed by atoms with E-state index >= 15 is 0 Å². The monoisotopic (exact) mass is 406 g/mol. The number of pyridine rings is 2. The van der Waals surface area contributed by atoms with Crippen molar-refractivity contribution in [2.45, 2.75) is 32.8 Å². The van der Waals surface area contributed by atoms with Crippen molar-refractivity contribution in [3.05, 3.63) is 65.2 Å². The molecule has 0 aliphatic carbocycles. The van der Waals surface area contributed by atoms with Crippen LogP contribution in [0, 0.1) is 13.8 Å². The number of morpholine rings is 1. The Morgan fingerprint density at radius 3 is 2.87 bits per heavy atom. The fraction of sp³-hybridized carbons (Fsp3) is 0.364. The second-order valence-corrected chi connectivity index (χ2v) is 7.40. The molecule has 156 valence electrons. The third-order valence-corrected chi connectivity index (χ3v) is 5.31. The Balaban J connectivity index is 1.39. The third-order valence-electron chi connectivity index (χ3n) is 5.31. The molecule has 1 aliphatic rings. The number of aromatic nitrogens is 4. The highest BCUT2D eigenvalue weighted by molar-refractivity contribution is 5.76. The molecule has 4 heterocycles. The molecule has 0 unspecified atom stereocenters. The first-order valence-electron chi connectivity index (χ1n) is 10.1. The summed E-state index contributed by atoms with van der Waals surface area (Å²) in [6, 6.07) is 11.4. The Morgan fingerprint density at radius 1 is 1.23 bits per heavy atom. The molecular weight excluding hydrogens is 380 g/mol. The van der Waals surface area contributed by atoms with Crippen LogP contribution in [0.3, 0.4) is 0 Å². The molecule has 4 rings (SSSR count). The zero-order valence-corrected chi connectivity index (χ0v) is 17.3. The van der Waals surface area contributed by atoms with Gasteiger partial charge in [-0.25, -0.2) is 9.97 Å². The molecule has 0 radical (unpaired) electrons. The highest BCUT2D eigenvalue weighted by Crippen LogP contribution is 2.23. The number of carbonyl (C=O) groups is 1. The van der Waals surface area contributed by atoms with E-state index in [1.165, 1.54) is 0 Å². The molecule has 1 aliphatic heterocycles. The Bertz CT molecular complexity index is 984. The average molecular weight is 406 g/mol. The number of nitrogens with zero attached hydrogens (tertiary/aromatic N) is 4. The van der Waals surface area contributed by atoms with Crippen molar-refractivity contribution in [3.63, 3.8) is 0 Å². The van der Waals surface area contributed by atoms with E-state index in [0.29, 0.717) is 38.4 Å². The fourth-order valence-electron chi connectivity index (χ4n) is 3.66. The summed E-state index contributed by atoms with van der Waals surface area (Å²) >= 11 is 0. The van der Waals surface area contributed by atoms with Gasteiger partial charge < -0.3 is 15.0 Å². The van der Waals surface area contributed by atoms with E-state index in [1.807, 2.05) is 55.1 Å². The van der Waals surface area contributed by atoms with Gasteiger partial charge in [0.2, 0.25) is 5.91 Å². The average Bonchev–Trinajstić information content (AvgIpc) is 3.10. The first-order valence-corrected chi connectivity index (χ1v) is 10.1. The lowest BCUT2D eigenvalue weighted by Gasteiger charge is -2.33. The first kappa shape index (κ1) is 20.0. The lowest BCUT2D eigenvalue weighted by molar-refractivity contribution is -0.139. The Hall–Kier alpha value is -3.26. The van der Waals surface area contributed by atoms with Crippen LogP contribution < -0.4 is 5.32 Å². The summed E-state index contributed by atoms with van der Waals surface area (Å²) in [5.41, 5.74) is 3.92. The highest BCUT2D eigenvalue weighted by Gasteiger charge is 2.26. The number of aromatic amines is 1. The van der Waals surface area contributed by atoms with Gasteiger partial charge in [-0.05, 0) is 50.1 Å². The zero-order chi connectivity index (χ0) is 20.9. The van der Waals surface area contributed by atoms with Crippen LogP contribution in [0.15, 0.2) is 42.6 Å². The largest absolute Gasteiger partial charge is 0.368 e. The van der Waals surface area contributed by atoms with E-state index in [1.54, 1.807) is 6.20 Å². The molecule has 3 aromatic rings. The molecule has 3 aromatic heterocycles. The molecule has 1 atom stereocenters. The first-order chi connectivity index (χ1) is 14.6. The molecule has 0 aromatic carbocycles. The topological polar surface area (TPSA) is 96.0 Å². The summed E-state index contributed by atoms with van der Waals surface area (Å²) in [4.78, 5) is 23.6. The number of hydrogen-bond donors (Lipinski definition) is 2. The summed E-state index contributed by atoms with van der Waals surface area (Å²) in [5.74, 6) is 1.56. The number of amides is 1. The van der Waals surface area contributed by atoms with Crippen molar-refractivity contribution in [2.75, 3.05) is 25.0 Å². The molecule has 1 saturated heterocycles. The van der Waals surface area contributed by atoms with Crippen molar-refractivity contribution < 1.29 is 9.53 Å². The summed E-state index contributed by atoms with van der Waals surface area (Å²) < 4.78 is 5.92. The number of anilines is 2. The molecule has 1 fully saturated rings. The maximum atomic E-state index is 12.8. The fourth-order valence-corrected chi connectivity index (χ4v) is 3.66. The molecule has 8 heteroatoms. The standard InChI is InChI=1S/C22H26N6O2/c1-15-17(16(2)27-26-15)9-10-22(29)28-12-13-30-19(14-28)18-6-5-8-21(24-18)25-20-7-3-4-11-23-20/h3-8,11,19H,9-10,12-14H2,1-2H3,(H,26,27)(H,23,24,25)/t19-/m1/s1. The molecule has 0 saturated carbocycles. The lowest BCUT2D eigenvalue weighted by Crippen LogP contribution is -2.42. The number of hydrogen-bond acceptors (Lipinski definition) is 6. The second kappa shape index (κ2) is 9.04. The van der Waals surface area contributed by atoms with Gasteiger partial charge in [-0.2, -0.15) is 5.10 Å². The smallest absolute Gasteiger partial charge is 0.223 e. The zero-order valence-electron chi connectivity index (χ0n) is 17.3. The van der Waals surface area contributed by atoms with Crippen LogP contribution >= 0.6 is 0 Å². The van der Waals surface area contributed by atoms with Gasteiger partial charge in [0.25, 0.3) is 0 Å². The molecule has 0 spiro atoms. The third kappa shape index (κ3) is 4.65. The van der Waals surface area contributed by atoms with Crippen molar-refractivity contribution in [3.8, 4) is 0 Å². The minimum absolute atomic E-state index is 0.131. The maximum absolute atomic E-state index is 12.8.